The van der Waals surface area contributed by atoms with Gasteiger partial charge in [-0.1, -0.05) is 12.1 Å². The maximum Gasteiger partial charge on any atom is 0.244 e. The highest BCUT2D eigenvalue weighted by atomic mass is 35.5. The number of hydrogen-bond donors (Lipinski definition) is 0. The molecular weight excluding hydrogens is 284 g/mol. The van der Waals surface area contributed by atoms with Gasteiger partial charge in [0.05, 0.1) is 5.69 Å². The van der Waals surface area contributed by atoms with Gasteiger partial charge in [0.2, 0.25) is 10.0 Å². The standard InChI is InChI=1S/C13H21ClN2O2S/c1-11(2)16(10-9-14)12-7-5-6-8-13(12)19(17,18)15(3)4/h5-8,11H,9-10H2,1-4H3. The number of alkyl halides is 1. The van der Waals surface area contributed by atoms with Gasteiger partial charge in [-0.25, -0.2) is 12.7 Å². The Kier molecular flexibility index (Phi) is 5.64. The van der Waals surface area contributed by atoms with E-state index < -0.39 is 10.0 Å². The molecule has 0 aliphatic heterocycles. The molecule has 0 spiro atoms. The molecule has 1 aromatic carbocycles. The average Bonchev–Trinajstić information content (AvgIpc) is 2.35. The van der Waals surface area contributed by atoms with E-state index in [4.69, 9.17) is 11.6 Å². The Labute approximate surface area is 121 Å². The van der Waals surface area contributed by atoms with Crippen molar-refractivity contribution in [2.45, 2.75) is 24.8 Å². The molecule has 19 heavy (non-hydrogen) atoms. The van der Waals surface area contributed by atoms with E-state index >= 15 is 0 Å². The monoisotopic (exact) mass is 304 g/mol. The normalized spacial score (nSPS) is 12.2. The van der Waals surface area contributed by atoms with Crippen molar-refractivity contribution in [3.8, 4) is 0 Å². The summed E-state index contributed by atoms with van der Waals surface area (Å²) in [7, 11) is -0.386. The average molecular weight is 305 g/mol. The van der Waals surface area contributed by atoms with Crippen LogP contribution in [0.1, 0.15) is 13.8 Å². The number of anilines is 1. The molecule has 0 radical (unpaired) electrons. The first-order chi connectivity index (χ1) is 8.82. The predicted molar refractivity (Wildman–Crippen MR) is 80.5 cm³/mol. The second kappa shape index (κ2) is 6.59. The molecule has 0 aliphatic carbocycles. The zero-order chi connectivity index (χ0) is 14.6. The number of sulfonamides is 1. The summed E-state index contributed by atoms with van der Waals surface area (Å²) in [5.74, 6) is 0.453. The molecule has 0 aliphatic rings. The number of nitrogens with zero attached hydrogens (tertiary/aromatic N) is 2. The molecule has 4 nitrogen and oxygen atoms in total. The van der Waals surface area contributed by atoms with E-state index in [1.165, 1.54) is 18.4 Å². The summed E-state index contributed by atoms with van der Waals surface area (Å²) in [6.07, 6.45) is 0. The third kappa shape index (κ3) is 3.61. The molecule has 6 heteroatoms. The lowest BCUT2D eigenvalue weighted by Crippen LogP contribution is -2.34. The van der Waals surface area contributed by atoms with E-state index in [2.05, 4.69) is 0 Å². The van der Waals surface area contributed by atoms with Crippen LogP contribution in [0.4, 0.5) is 5.69 Å². The summed E-state index contributed by atoms with van der Waals surface area (Å²) in [6.45, 7) is 4.65. The fourth-order valence-electron chi connectivity index (χ4n) is 1.86. The minimum atomic E-state index is -3.46. The predicted octanol–water partition coefficient (Wildman–Crippen LogP) is 2.39. The highest BCUT2D eigenvalue weighted by molar-refractivity contribution is 7.89. The van der Waals surface area contributed by atoms with Gasteiger partial charge in [0.25, 0.3) is 0 Å². The molecule has 0 amide bonds. The molecule has 0 aromatic heterocycles. The highest BCUT2D eigenvalue weighted by Gasteiger charge is 2.24. The highest BCUT2D eigenvalue weighted by Crippen LogP contribution is 2.28. The van der Waals surface area contributed by atoms with Crippen LogP contribution in [0.15, 0.2) is 29.2 Å². The van der Waals surface area contributed by atoms with Crippen LogP contribution in [0.5, 0.6) is 0 Å². The molecule has 0 heterocycles. The molecule has 0 unspecified atom stereocenters. The first kappa shape index (κ1) is 16.3. The Morgan fingerprint density at radius 2 is 1.79 bits per heavy atom. The minimum Gasteiger partial charge on any atom is -0.367 e. The Morgan fingerprint density at radius 1 is 1.21 bits per heavy atom. The van der Waals surface area contributed by atoms with Crippen molar-refractivity contribution in [3.63, 3.8) is 0 Å². The van der Waals surface area contributed by atoms with Gasteiger partial charge in [0.15, 0.2) is 0 Å². The van der Waals surface area contributed by atoms with E-state index in [0.29, 0.717) is 23.0 Å². The summed E-state index contributed by atoms with van der Waals surface area (Å²) >= 11 is 5.82. The van der Waals surface area contributed by atoms with Crippen molar-refractivity contribution in [3.05, 3.63) is 24.3 Å². The molecule has 108 valence electrons. The zero-order valence-corrected chi connectivity index (χ0v) is 13.4. The lowest BCUT2D eigenvalue weighted by atomic mass is 10.2. The van der Waals surface area contributed by atoms with Gasteiger partial charge in [0, 0.05) is 32.6 Å². The third-order valence-electron chi connectivity index (χ3n) is 2.88. The fourth-order valence-corrected chi connectivity index (χ4v) is 3.13. The van der Waals surface area contributed by atoms with Crippen LogP contribution in [0.25, 0.3) is 0 Å². The smallest absolute Gasteiger partial charge is 0.244 e. The van der Waals surface area contributed by atoms with Crippen molar-refractivity contribution in [2.24, 2.45) is 0 Å². The molecule has 1 aromatic rings. The first-order valence-corrected chi connectivity index (χ1v) is 8.14. The molecular formula is C13H21ClN2O2S. The SMILES string of the molecule is CC(C)N(CCCl)c1ccccc1S(=O)(=O)N(C)C. The summed E-state index contributed by atoms with van der Waals surface area (Å²) in [5.41, 5.74) is 0.701. The third-order valence-corrected chi connectivity index (χ3v) is 4.91. The Hall–Kier alpha value is -0.780. The van der Waals surface area contributed by atoms with E-state index in [1.54, 1.807) is 12.1 Å². The number of halogens is 1. The molecule has 0 saturated carbocycles. The molecule has 0 saturated heterocycles. The second-order valence-corrected chi connectivity index (χ2v) is 7.23. The number of rotatable bonds is 6. The van der Waals surface area contributed by atoms with E-state index in [-0.39, 0.29) is 6.04 Å². The van der Waals surface area contributed by atoms with E-state index in [0.717, 1.165) is 0 Å². The molecule has 0 bridgehead atoms. The van der Waals surface area contributed by atoms with Crippen LogP contribution in [0.2, 0.25) is 0 Å². The molecule has 0 atom stereocenters. The largest absolute Gasteiger partial charge is 0.367 e. The zero-order valence-electron chi connectivity index (χ0n) is 11.8. The van der Waals surface area contributed by atoms with Crippen molar-refractivity contribution >= 4 is 27.3 Å². The number of benzene rings is 1. The summed E-state index contributed by atoms with van der Waals surface area (Å²) in [5, 5.41) is 0. The molecule has 0 N–H and O–H groups in total. The van der Waals surface area contributed by atoms with Crippen molar-refractivity contribution in [1.82, 2.24) is 4.31 Å². The van der Waals surface area contributed by atoms with Crippen LogP contribution in [-0.4, -0.2) is 45.3 Å². The van der Waals surface area contributed by atoms with Gasteiger partial charge in [-0.3, -0.25) is 0 Å². The Balaban J connectivity index is 3.37. The van der Waals surface area contributed by atoms with Crippen LogP contribution < -0.4 is 4.90 Å². The molecule has 0 fully saturated rings. The Bertz CT molecular complexity index is 515. The van der Waals surface area contributed by atoms with Crippen LogP contribution >= 0.6 is 11.6 Å². The van der Waals surface area contributed by atoms with Gasteiger partial charge >= 0.3 is 0 Å². The summed E-state index contributed by atoms with van der Waals surface area (Å²) in [6, 6.07) is 7.21. The fraction of sp³-hybridized carbons (Fsp3) is 0.538. The van der Waals surface area contributed by atoms with Gasteiger partial charge in [-0.2, -0.15) is 0 Å². The lowest BCUT2D eigenvalue weighted by molar-refractivity contribution is 0.520. The van der Waals surface area contributed by atoms with Gasteiger partial charge < -0.3 is 4.90 Å². The summed E-state index contributed by atoms with van der Waals surface area (Å²) < 4.78 is 25.9. The number of para-hydroxylation sites is 1. The van der Waals surface area contributed by atoms with Crippen LogP contribution in [-0.2, 0) is 10.0 Å². The maximum atomic E-state index is 12.4. The second-order valence-electron chi connectivity index (χ2n) is 4.73. The topological polar surface area (TPSA) is 40.6 Å². The van der Waals surface area contributed by atoms with Gasteiger partial charge in [0.1, 0.15) is 4.90 Å². The maximum absolute atomic E-state index is 12.4. The minimum absolute atomic E-state index is 0.178. The number of hydrogen-bond acceptors (Lipinski definition) is 3. The van der Waals surface area contributed by atoms with Crippen molar-refractivity contribution in [2.75, 3.05) is 31.4 Å². The first-order valence-electron chi connectivity index (χ1n) is 6.16. The van der Waals surface area contributed by atoms with Crippen molar-refractivity contribution in [1.29, 1.82) is 0 Å². The van der Waals surface area contributed by atoms with E-state index in [1.807, 2.05) is 30.9 Å². The van der Waals surface area contributed by atoms with E-state index in [9.17, 15) is 8.42 Å². The van der Waals surface area contributed by atoms with Crippen molar-refractivity contribution < 1.29 is 8.42 Å². The quantitative estimate of drug-likeness (QED) is 0.758. The Morgan fingerprint density at radius 3 is 2.26 bits per heavy atom. The molecule has 1 rings (SSSR count). The van der Waals surface area contributed by atoms with Gasteiger partial charge in [-0.05, 0) is 26.0 Å². The van der Waals surface area contributed by atoms with Crippen LogP contribution in [0, 0.1) is 0 Å². The summed E-state index contributed by atoms with van der Waals surface area (Å²) in [4.78, 5) is 2.32. The van der Waals surface area contributed by atoms with Crippen LogP contribution in [0.3, 0.4) is 0 Å². The van der Waals surface area contributed by atoms with Gasteiger partial charge in [-0.15, -0.1) is 11.6 Å². The lowest BCUT2D eigenvalue weighted by Gasteiger charge is -2.30.